The van der Waals surface area contributed by atoms with Gasteiger partial charge < -0.3 is 15.2 Å². The molecule has 2 unspecified atom stereocenters. The van der Waals surface area contributed by atoms with Crippen LogP contribution in [-0.2, 0) is 6.42 Å². The summed E-state index contributed by atoms with van der Waals surface area (Å²) in [7, 11) is 0. The molecular weight excluding hydrogens is 262 g/mol. The van der Waals surface area contributed by atoms with Crippen molar-refractivity contribution in [3.63, 3.8) is 0 Å². The van der Waals surface area contributed by atoms with Crippen LogP contribution in [0.15, 0.2) is 48.5 Å². The van der Waals surface area contributed by atoms with E-state index in [0.29, 0.717) is 19.1 Å². The number of fused-ring (bicyclic) bond motifs is 1. The van der Waals surface area contributed by atoms with Crippen LogP contribution >= 0.6 is 0 Å². The maximum absolute atomic E-state index is 6.33. The summed E-state index contributed by atoms with van der Waals surface area (Å²) in [5, 5.41) is 0. The molecule has 2 atom stereocenters. The fraction of sp³-hybridized carbons (Fsp3) is 0.333. The van der Waals surface area contributed by atoms with Crippen LogP contribution < -0.4 is 15.2 Å². The number of benzene rings is 2. The highest BCUT2D eigenvalue weighted by Crippen LogP contribution is 2.33. The zero-order valence-electron chi connectivity index (χ0n) is 12.3. The summed E-state index contributed by atoms with van der Waals surface area (Å²) >= 11 is 0. The SMILES string of the molecule is CC1COc2ccc(C(N)Cc3ccccc3)cc2OC1. The predicted molar refractivity (Wildman–Crippen MR) is 83.7 cm³/mol. The number of nitrogens with two attached hydrogens (primary N) is 1. The normalized spacial score (nSPS) is 18.9. The molecule has 3 rings (SSSR count). The van der Waals surface area contributed by atoms with Gasteiger partial charge in [-0.25, -0.2) is 0 Å². The van der Waals surface area contributed by atoms with Crippen LogP contribution in [-0.4, -0.2) is 13.2 Å². The second-order valence-electron chi connectivity index (χ2n) is 5.73. The molecule has 1 aliphatic rings. The molecule has 0 aromatic heterocycles. The minimum absolute atomic E-state index is 0.0398. The van der Waals surface area contributed by atoms with Gasteiger partial charge in [0.25, 0.3) is 0 Å². The highest BCUT2D eigenvalue weighted by atomic mass is 16.5. The van der Waals surface area contributed by atoms with Crippen LogP contribution in [0, 0.1) is 5.92 Å². The fourth-order valence-corrected chi connectivity index (χ4v) is 2.49. The Morgan fingerprint density at radius 3 is 2.52 bits per heavy atom. The Morgan fingerprint density at radius 2 is 1.76 bits per heavy atom. The van der Waals surface area contributed by atoms with Crippen molar-refractivity contribution in [3.8, 4) is 11.5 Å². The first-order valence-electron chi connectivity index (χ1n) is 7.41. The van der Waals surface area contributed by atoms with E-state index in [2.05, 4.69) is 19.1 Å². The standard InChI is InChI=1S/C18H21NO2/c1-13-11-20-17-8-7-15(10-18(17)21-12-13)16(19)9-14-5-3-2-4-6-14/h2-8,10,13,16H,9,11-12,19H2,1H3. The van der Waals surface area contributed by atoms with Crippen LogP contribution in [0.2, 0.25) is 0 Å². The summed E-state index contributed by atoms with van der Waals surface area (Å²) < 4.78 is 11.6. The molecular formula is C18H21NO2. The number of hydrogen-bond acceptors (Lipinski definition) is 3. The predicted octanol–water partition coefficient (Wildman–Crippen LogP) is 3.34. The molecule has 110 valence electrons. The van der Waals surface area contributed by atoms with E-state index in [-0.39, 0.29) is 6.04 Å². The molecule has 0 radical (unpaired) electrons. The first kappa shape index (κ1) is 14.0. The van der Waals surface area contributed by atoms with Gasteiger partial charge in [0, 0.05) is 12.0 Å². The number of hydrogen-bond donors (Lipinski definition) is 1. The molecule has 0 saturated heterocycles. The van der Waals surface area contributed by atoms with Crippen LogP contribution in [0.5, 0.6) is 11.5 Å². The molecule has 0 amide bonds. The van der Waals surface area contributed by atoms with Crippen molar-refractivity contribution < 1.29 is 9.47 Å². The van der Waals surface area contributed by atoms with E-state index in [0.717, 1.165) is 23.5 Å². The van der Waals surface area contributed by atoms with Gasteiger partial charge in [-0.05, 0) is 29.7 Å². The highest BCUT2D eigenvalue weighted by molar-refractivity contribution is 5.44. The maximum Gasteiger partial charge on any atom is 0.161 e. The van der Waals surface area contributed by atoms with Crippen LogP contribution in [0.1, 0.15) is 24.1 Å². The van der Waals surface area contributed by atoms with Gasteiger partial charge in [-0.1, -0.05) is 43.3 Å². The van der Waals surface area contributed by atoms with Gasteiger partial charge in [-0.15, -0.1) is 0 Å². The summed E-state index contributed by atoms with van der Waals surface area (Å²) in [4.78, 5) is 0. The van der Waals surface area contributed by atoms with Crippen molar-refractivity contribution in [2.45, 2.75) is 19.4 Å². The highest BCUT2D eigenvalue weighted by Gasteiger charge is 2.17. The van der Waals surface area contributed by atoms with Gasteiger partial charge in [0.1, 0.15) is 0 Å². The van der Waals surface area contributed by atoms with Gasteiger partial charge >= 0.3 is 0 Å². The topological polar surface area (TPSA) is 44.5 Å². The van der Waals surface area contributed by atoms with Crippen molar-refractivity contribution >= 4 is 0 Å². The first-order chi connectivity index (χ1) is 10.2. The quantitative estimate of drug-likeness (QED) is 0.939. The molecule has 0 saturated carbocycles. The molecule has 1 aliphatic heterocycles. The zero-order valence-corrected chi connectivity index (χ0v) is 12.3. The second kappa shape index (κ2) is 6.19. The van der Waals surface area contributed by atoms with Crippen LogP contribution in [0.25, 0.3) is 0 Å². The van der Waals surface area contributed by atoms with E-state index in [4.69, 9.17) is 15.2 Å². The third-order valence-corrected chi connectivity index (χ3v) is 3.74. The molecule has 1 heterocycles. The molecule has 2 aromatic carbocycles. The van der Waals surface area contributed by atoms with Gasteiger partial charge in [0.05, 0.1) is 13.2 Å². The second-order valence-corrected chi connectivity index (χ2v) is 5.73. The summed E-state index contributed by atoms with van der Waals surface area (Å²) in [5.41, 5.74) is 8.65. The van der Waals surface area contributed by atoms with Gasteiger partial charge in [-0.2, -0.15) is 0 Å². The van der Waals surface area contributed by atoms with E-state index >= 15 is 0 Å². The minimum atomic E-state index is -0.0398. The Labute approximate surface area is 125 Å². The Balaban J connectivity index is 1.77. The Kier molecular flexibility index (Phi) is 4.11. The largest absolute Gasteiger partial charge is 0.489 e. The van der Waals surface area contributed by atoms with Crippen LogP contribution in [0.4, 0.5) is 0 Å². The lowest BCUT2D eigenvalue weighted by Gasteiger charge is -2.15. The third-order valence-electron chi connectivity index (χ3n) is 3.74. The van der Waals surface area contributed by atoms with E-state index in [1.807, 2.05) is 36.4 Å². The summed E-state index contributed by atoms with van der Waals surface area (Å²) in [6, 6.07) is 16.3. The molecule has 2 aromatic rings. The molecule has 0 aliphatic carbocycles. The van der Waals surface area contributed by atoms with Gasteiger partial charge in [0.15, 0.2) is 11.5 Å². The van der Waals surface area contributed by atoms with Crippen molar-refractivity contribution in [1.82, 2.24) is 0 Å². The molecule has 0 spiro atoms. The lowest BCUT2D eigenvalue weighted by molar-refractivity contribution is 0.228. The van der Waals surface area contributed by atoms with Crippen LogP contribution in [0.3, 0.4) is 0 Å². The number of rotatable bonds is 3. The van der Waals surface area contributed by atoms with E-state index < -0.39 is 0 Å². The number of ether oxygens (including phenoxy) is 2. The van der Waals surface area contributed by atoms with E-state index in [9.17, 15) is 0 Å². The minimum Gasteiger partial charge on any atom is -0.489 e. The fourth-order valence-electron chi connectivity index (χ4n) is 2.49. The molecule has 2 N–H and O–H groups in total. The summed E-state index contributed by atoms with van der Waals surface area (Å²) in [6.45, 7) is 3.50. The molecule has 3 heteroatoms. The van der Waals surface area contributed by atoms with Crippen molar-refractivity contribution in [2.75, 3.05) is 13.2 Å². The van der Waals surface area contributed by atoms with Gasteiger partial charge in [0.2, 0.25) is 0 Å². The average Bonchev–Trinajstić information content (AvgIpc) is 2.70. The van der Waals surface area contributed by atoms with Gasteiger partial charge in [-0.3, -0.25) is 0 Å². The maximum atomic E-state index is 6.33. The zero-order chi connectivity index (χ0) is 14.7. The third kappa shape index (κ3) is 3.37. The summed E-state index contributed by atoms with van der Waals surface area (Å²) in [6.07, 6.45) is 0.816. The molecule has 0 bridgehead atoms. The Bertz CT molecular complexity index is 597. The van der Waals surface area contributed by atoms with Crippen molar-refractivity contribution in [3.05, 3.63) is 59.7 Å². The average molecular weight is 283 g/mol. The van der Waals surface area contributed by atoms with E-state index in [1.54, 1.807) is 0 Å². The molecule has 21 heavy (non-hydrogen) atoms. The Morgan fingerprint density at radius 1 is 1.05 bits per heavy atom. The monoisotopic (exact) mass is 283 g/mol. The lowest BCUT2D eigenvalue weighted by atomic mass is 9.99. The van der Waals surface area contributed by atoms with E-state index in [1.165, 1.54) is 5.56 Å². The summed E-state index contributed by atoms with van der Waals surface area (Å²) in [5.74, 6) is 2.02. The van der Waals surface area contributed by atoms with Crippen molar-refractivity contribution in [1.29, 1.82) is 0 Å². The van der Waals surface area contributed by atoms with Crippen molar-refractivity contribution in [2.24, 2.45) is 11.7 Å². The molecule has 3 nitrogen and oxygen atoms in total. The first-order valence-corrected chi connectivity index (χ1v) is 7.41. The lowest BCUT2D eigenvalue weighted by Crippen LogP contribution is -2.13. The smallest absolute Gasteiger partial charge is 0.161 e. The Hall–Kier alpha value is -2.00. The molecule has 0 fully saturated rings.